The number of hydrogen-bond donors (Lipinski definition) is 2. The Labute approximate surface area is 109 Å². The second-order valence-electron chi connectivity index (χ2n) is 4.65. The second kappa shape index (κ2) is 3.88. The lowest BCUT2D eigenvalue weighted by molar-refractivity contribution is 0.151. The van der Waals surface area contributed by atoms with Crippen molar-refractivity contribution in [3.63, 3.8) is 0 Å². The Balaban J connectivity index is 1.89. The number of fused-ring (bicyclic) bond motifs is 2. The summed E-state index contributed by atoms with van der Waals surface area (Å²) in [6.07, 6.45) is 4.79. The van der Waals surface area contributed by atoms with Gasteiger partial charge in [0, 0.05) is 30.0 Å². The minimum absolute atomic E-state index is 0.548. The van der Waals surface area contributed by atoms with E-state index in [1.165, 1.54) is 0 Å². The van der Waals surface area contributed by atoms with Gasteiger partial charge in [-0.15, -0.1) is 0 Å². The summed E-state index contributed by atoms with van der Waals surface area (Å²) in [6, 6.07) is 8.04. The van der Waals surface area contributed by atoms with Gasteiger partial charge in [-0.1, -0.05) is 6.07 Å². The maximum Gasteiger partial charge on any atom is 0.147 e. The third kappa shape index (κ3) is 1.56. The Morgan fingerprint density at radius 1 is 1.32 bits per heavy atom. The van der Waals surface area contributed by atoms with Gasteiger partial charge in [0.25, 0.3) is 0 Å². The average molecular weight is 252 g/mol. The van der Waals surface area contributed by atoms with Crippen LogP contribution in [0.3, 0.4) is 0 Å². The van der Waals surface area contributed by atoms with E-state index in [9.17, 15) is 5.11 Å². The van der Waals surface area contributed by atoms with Gasteiger partial charge in [0.2, 0.25) is 0 Å². The number of nitrogens with one attached hydrogen (secondary N) is 1. The molecule has 4 rings (SSSR count). The second-order valence-corrected chi connectivity index (χ2v) is 4.65. The minimum atomic E-state index is -0.548. The van der Waals surface area contributed by atoms with Gasteiger partial charge >= 0.3 is 0 Å². The van der Waals surface area contributed by atoms with Gasteiger partial charge in [0.1, 0.15) is 18.2 Å². The van der Waals surface area contributed by atoms with Gasteiger partial charge in [-0.3, -0.25) is 5.32 Å². The van der Waals surface area contributed by atoms with Crippen LogP contribution in [-0.4, -0.2) is 19.6 Å². The Hall–Kier alpha value is -2.24. The Kier molecular flexibility index (Phi) is 2.18. The molecule has 1 aliphatic heterocycles. The molecule has 19 heavy (non-hydrogen) atoms. The molecule has 1 aliphatic rings. The summed E-state index contributed by atoms with van der Waals surface area (Å²) in [5.74, 6) is 0. The van der Waals surface area contributed by atoms with Crippen molar-refractivity contribution < 1.29 is 5.11 Å². The molecule has 2 N–H and O–H groups in total. The van der Waals surface area contributed by atoms with Gasteiger partial charge in [-0.05, 0) is 29.3 Å². The number of benzene rings is 1. The Bertz CT molecular complexity index is 765. The standard InChI is InChI=1S/C14H12N4O/c19-14-12-2-1-11(5-10(12)7-16-14)18-4-3-9-6-15-8-17-13(9)18/h1-6,8,14,16,19H,7H2. The van der Waals surface area contributed by atoms with Gasteiger partial charge in [0.15, 0.2) is 0 Å². The van der Waals surface area contributed by atoms with Crippen LogP contribution in [0, 0.1) is 0 Å². The van der Waals surface area contributed by atoms with E-state index in [0.29, 0.717) is 6.54 Å². The lowest BCUT2D eigenvalue weighted by Crippen LogP contribution is -2.09. The van der Waals surface area contributed by atoms with Crippen molar-refractivity contribution >= 4 is 11.0 Å². The molecule has 0 fully saturated rings. The van der Waals surface area contributed by atoms with E-state index in [0.717, 1.165) is 27.8 Å². The molecule has 0 spiro atoms. The third-order valence-corrected chi connectivity index (χ3v) is 3.54. The zero-order valence-electron chi connectivity index (χ0n) is 10.1. The molecule has 0 saturated heterocycles. The Morgan fingerprint density at radius 2 is 2.26 bits per heavy atom. The highest BCUT2D eigenvalue weighted by Gasteiger charge is 2.19. The Morgan fingerprint density at radius 3 is 3.21 bits per heavy atom. The predicted octanol–water partition coefficient (Wildman–Crippen LogP) is 1.51. The van der Waals surface area contributed by atoms with Gasteiger partial charge in [0.05, 0.1) is 0 Å². The zero-order valence-corrected chi connectivity index (χ0v) is 10.1. The summed E-state index contributed by atoms with van der Waals surface area (Å²) in [4.78, 5) is 8.33. The van der Waals surface area contributed by atoms with Gasteiger partial charge < -0.3 is 9.67 Å². The summed E-state index contributed by atoms with van der Waals surface area (Å²) in [5.41, 5.74) is 4.01. The smallest absolute Gasteiger partial charge is 0.147 e. The van der Waals surface area contributed by atoms with Crippen molar-refractivity contribution in [3.8, 4) is 5.69 Å². The van der Waals surface area contributed by atoms with Gasteiger partial charge in [-0.25, -0.2) is 9.97 Å². The highest BCUT2D eigenvalue weighted by atomic mass is 16.3. The molecule has 1 aromatic carbocycles. The van der Waals surface area contributed by atoms with E-state index in [2.05, 4.69) is 21.4 Å². The molecule has 2 aromatic heterocycles. The largest absolute Gasteiger partial charge is 0.374 e. The lowest BCUT2D eigenvalue weighted by Gasteiger charge is -2.08. The zero-order chi connectivity index (χ0) is 12.8. The van der Waals surface area contributed by atoms with Crippen LogP contribution in [0.25, 0.3) is 16.7 Å². The van der Waals surface area contributed by atoms with E-state index in [1.807, 2.05) is 29.0 Å². The number of hydrogen-bond acceptors (Lipinski definition) is 4. The fraction of sp³-hybridized carbons (Fsp3) is 0.143. The maximum atomic E-state index is 9.74. The van der Waals surface area contributed by atoms with Crippen LogP contribution in [0.15, 0.2) is 43.0 Å². The molecule has 0 amide bonds. The quantitative estimate of drug-likeness (QED) is 0.689. The van der Waals surface area contributed by atoms with E-state index in [1.54, 1.807) is 12.5 Å². The lowest BCUT2D eigenvalue weighted by atomic mass is 10.1. The molecule has 0 aliphatic carbocycles. The van der Waals surface area contributed by atoms with Crippen LogP contribution >= 0.6 is 0 Å². The molecule has 0 bridgehead atoms. The molecule has 5 heteroatoms. The van der Waals surface area contributed by atoms with Gasteiger partial charge in [-0.2, -0.15) is 0 Å². The van der Waals surface area contributed by atoms with Crippen LogP contribution in [0.4, 0.5) is 0 Å². The summed E-state index contributed by atoms with van der Waals surface area (Å²) in [6.45, 7) is 0.693. The molecular weight excluding hydrogens is 240 g/mol. The predicted molar refractivity (Wildman–Crippen MR) is 70.7 cm³/mol. The van der Waals surface area contributed by atoms with Crippen LogP contribution < -0.4 is 5.32 Å². The fourth-order valence-electron chi connectivity index (χ4n) is 2.57. The molecule has 3 aromatic rings. The van der Waals surface area contributed by atoms with Crippen LogP contribution in [0.1, 0.15) is 17.4 Å². The van der Waals surface area contributed by atoms with Crippen molar-refractivity contribution in [2.24, 2.45) is 0 Å². The first-order valence-corrected chi connectivity index (χ1v) is 6.14. The molecule has 0 radical (unpaired) electrons. The molecule has 1 atom stereocenters. The van der Waals surface area contributed by atoms with Crippen molar-refractivity contribution in [3.05, 3.63) is 54.1 Å². The summed E-state index contributed by atoms with van der Waals surface area (Å²) in [5, 5.41) is 13.8. The monoisotopic (exact) mass is 252 g/mol. The van der Waals surface area contributed by atoms with Crippen molar-refractivity contribution in [1.29, 1.82) is 0 Å². The summed E-state index contributed by atoms with van der Waals surface area (Å²) in [7, 11) is 0. The average Bonchev–Trinajstić information content (AvgIpc) is 3.03. The first-order chi connectivity index (χ1) is 9.33. The number of rotatable bonds is 1. The first-order valence-electron chi connectivity index (χ1n) is 6.14. The van der Waals surface area contributed by atoms with E-state index >= 15 is 0 Å². The molecule has 0 saturated carbocycles. The highest BCUT2D eigenvalue weighted by Crippen LogP contribution is 2.26. The third-order valence-electron chi connectivity index (χ3n) is 3.54. The van der Waals surface area contributed by atoms with Crippen LogP contribution in [-0.2, 0) is 6.54 Å². The molecule has 3 heterocycles. The summed E-state index contributed by atoms with van der Waals surface area (Å²) >= 11 is 0. The van der Waals surface area contributed by atoms with Crippen molar-refractivity contribution in [2.45, 2.75) is 12.8 Å². The SMILES string of the molecule is OC1NCc2cc(-n3ccc4cncnc43)ccc21. The topological polar surface area (TPSA) is 63.0 Å². The van der Waals surface area contributed by atoms with Crippen LogP contribution in [0.5, 0.6) is 0 Å². The first kappa shape index (κ1) is 10.7. The number of aliphatic hydroxyl groups is 1. The molecular formula is C14H12N4O. The number of nitrogens with zero attached hydrogens (tertiary/aromatic N) is 3. The number of aliphatic hydroxyl groups excluding tert-OH is 1. The van der Waals surface area contributed by atoms with Crippen molar-refractivity contribution in [1.82, 2.24) is 19.9 Å². The summed E-state index contributed by atoms with van der Waals surface area (Å²) < 4.78 is 2.03. The number of aromatic nitrogens is 3. The minimum Gasteiger partial charge on any atom is -0.374 e. The highest BCUT2D eigenvalue weighted by molar-refractivity contribution is 5.77. The van der Waals surface area contributed by atoms with E-state index < -0.39 is 6.23 Å². The van der Waals surface area contributed by atoms with Crippen molar-refractivity contribution in [2.75, 3.05) is 0 Å². The molecule has 94 valence electrons. The molecule has 1 unspecified atom stereocenters. The maximum absolute atomic E-state index is 9.74. The van der Waals surface area contributed by atoms with E-state index in [4.69, 9.17) is 0 Å². The molecule has 5 nitrogen and oxygen atoms in total. The normalized spacial score (nSPS) is 17.8. The van der Waals surface area contributed by atoms with Crippen LogP contribution in [0.2, 0.25) is 0 Å². The fourth-order valence-corrected chi connectivity index (χ4v) is 2.57. The van der Waals surface area contributed by atoms with E-state index in [-0.39, 0.29) is 0 Å².